The number of anilines is 1. The SMILES string of the molecule is C[C@@H]1CCc2c(sc(NC(=O)CN[C@H](C)c3ccc(Cl)cc3Cl)c2C#N)C1. The van der Waals surface area contributed by atoms with Crippen LogP contribution in [0.1, 0.15) is 47.9 Å². The molecule has 3 rings (SSSR count). The summed E-state index contributed by atoms with van der Waals surface area (Å²) in [6.45, 7) is 4.29. The molecule has 4 nitrogen and oxygen atoms in total. The maximum absolute atomic E-state index is 12.4. The van der Waals surface area contributed by atoms with E-state index in [1.165, 1.54) is 16.2 Å². The van der Waals surface area contributed by atoms with E-state index in [-0.39, 0.29) is 18.5 Å². The Bertz CT molecular complexity index is 903. The monoisotopic (exact) mass is 421 g/mol. The summed E-state index contributed by atoms with van der Waals surface area (Å²) in [5, 5.41) is 17.4. The molecular formula is C20H21Cl2N3OS. The molecule has 0 spiro atoms. The summed E-state index contributed by atoms with van der Waals surface area (Å²) in [5.74, 6) is 0.452. The average Bonchev–Trinajstić information content (AvgIpc) is 2.95. The molecule has 0 saturated heterocycles. The van der Waals surface area contributed by atoms with Gasteiger partial charge in [0.2, 0.25) is 5.91 Å². The predicted molar refractivity (Wildman–Crippen MR) is 112 cm³/mol. The molecule has 142 valence electrons. The van der Waals surface area contributed by atoms with Crippen LogP contribution in [0.25, 0.3) is 0 Å². The molecule has 27 heavy (non-hydrogen) atoms. The largest absolute Gasteiger partial charge is 0.315 e. The minimum absolute atomic E-state index is 0.103. The summed E-state index contributed by atoms with van der Waals surface area (Å²) in [4.78, 5) is 13.6. The van der Waals surface area contributed by atoms with E-state index in [9.17, 15) is 10.1 Å². The highest BCUT2D eigenvalue weighted by molar-refractivity contribution is 7.16. The van der Waals surface area contributed by atoms with Crippen molar-refractivity contribution in [3.8, 4) is 6.07 Å². The number of hydrogen-bond donors (Lipinski definition) is 2. The highest BCUT2D eigenvalue weighted by Gasteiger charge is 2.24. The number of halogens is 2. The normalized spacial score (nSPS) is 17.1. The Morgan fingerprint density at radius 2 is 2.22 bits per heavy atom. The summed E-state index contributed by atoms with van der Waals surface area (Å²) >= 11 is 13.7. The van der Waals surface area contributed by atoms with Crippen LogP contribution in [0.5, 0.6) is 0 Å². The van der Waals surface area contributed by atoms with Gasteiger partial charge in [0, 0.05) is 21.0 Å². The molecule has 7 heteroatoms. The molecule has 2 N–H and O–H groups in total. The molecule has 0 radical (unpaired) electrons. The lowest BCUT2D eigenvalue weighted by Gasteiger charge is -2.17. The van der Waals surface area contributed by atoms with Crippen molar-refractivity contribution in [2.45, 2.75) is 39.2 Å². The number of nitrogens with one attached hydrogen (secondary N) is 2. The Morgan fingerprint density at radius 1 is 1.44 bits per heavy atom. The van der Waals surface area contributed by atoms with Crippen molar-refractivity contribution in [1.82, 2.24) is 5.32 Å². The molecule has 1 aromatic carbocycles. The van der Waals surface area contributed by atoms with Gasteiger partial charge in [-0.1, -0.05) is 36.2 Å². The maximum Gasteiger partial charge on any atom is 0.238 e. The van der Waals surface area contributed by atoms with Gasteiger partial charge >= 0.3 is 0 Å². The van der Waals surface area contributed by atoms with Gasteiger partial charge in [-0.15, -0.1) is 11.3 Å². The van der Waals surface area contributed by atoms with E-state index in [2.05, 4.69) is 23.6 Å². The van der Waals surface area contributed by atoms with Gasteiger partial charge in [0.25, 0.3) is 0 Å². The molecule has 0 unspecified atom stereocenters. The van der Waals surface area contributed by atoms with E-state index in [1.54, 1.807) is 12.1 Å². The van der Waals surface area contributed by atoms with Crippen LogP contribution in [0, 0.1) is 17.2 Å². The number of rotatable bonds is 5. The topological polar surface area (TPSA) is 64.9 Å². The average molecular weight is 422 g/mol. The Kier molecular flexibility index (Phi) is 6.44. The lowest BCUT2D eigenvalue weighted by atomic mass is 9.89. The summed E-state index contributed by atoms with van der Waals surface area (Å²) in [5.41, 5.74) is 2.63. The fourth-order valence-corrected chi connectivity index (χ4v) is 5.29. The van der Waals surface area contributed by atoms with Gasteiger partial charge in [-0.25, -0.2) is 0 Å². The highest BCUT2D eigenvalue weighted by Crippen LogP contribution is 2.39. The number of benzene rings is 1. The molecule has 0 saturated carbocycles. The molecule has 1 aromatic heterocycles. The van der Waals surface area contributed by atoms with Gasteiger partial charge in [-0.05, 0) is 55.4 Å². The number of fused-ring (bicyclic) bond motifs is 1. The minimum atomic E-state index is -0.171. The molecule has 0 aliphatic heterocycles. The second-order valence-electron chi connectivity index (χ2n) is 6.98. The number of amides is 1. The predicted octanol–water partition coefficient (Wildman–Crippen LogP) is 5.34. The van der Waals surface area contributed by atoms with E-state index in [0.717, 1.165) is 30.4 Å². The number of carbonyl (C=O) groups excluding carboxylic acids is 1. The first-order valence-electron chi connectivity index (χ1n) is 8.91. The third-order valence-corrected chi connectivity index (χ3v) is 6.61. The molecule has 2 aromatic rings. The highest BCUT2D eigenvalue weighted by atomic mass is 35.5. The van der Waals surface area contributed by atoms with Crippen molar-refractivity contribution in [2.24, 2.45) is 5.92 Å². The van der Waals surface area contributed by atoms with Crippen molar-refractivity contribution >= 4 is 45.4 Å². The third kappa shape index (κ3) is 4.64. The fourth-order valence-electron chi connectivity index (χ4n) is 3.34. The van der Waals surface area contributed by atoms with Crippen LogP contribution in [0.4, 0.5) is 5.00 Å². The van der Waals surface area contributed by atoms with Crippen molar-refractivity contribution in [3.63, 3.8) is 0 Å². The molecule has 0 fully saturated rings. The molecule has 0 bridgehead atoms. The van der Waals surface area contributed by atoms with E-state index in [4.69, 9.17) is 23.2 Å². The number of thiophene rings is 1. The lowest BCUT2D eigenvalue weighted by Crippen LogP contribution is -2.30. The smallest absolute Gasteiger partial charge is 0.238 e. The summed E-state index contributed by atoms with van der Waals surface area (Å²) in [6, 6.07) is 7.48. The fraction of sp³-hybridized carbons (Fsp3) is 0.400. The van der Waals surface area contributed by atoms with Crippen LogP contribution < -0.4 is 10.6 Å². The molecular weight excluding hydrogens is 401 g/mol. The lowest BCUT2D eigenvalue weighted by molar-refractivity contribution is -0.115. The Labute approximate surface area is 173 Å². The standard InChI is InChI=1S/C20H21Cl2N3OS/c1-11-3-5-15-16(9-23)20(27-18(15)7-11)25-19(26)10-24-12(2)14-6-4-13(21)8-17(14)22/h4,6,8,11-12,24H,3,5,7,10H2,1-2H3,(H,25,26)/t11-,12-/m1/s1. The number of carbonyl (C=O) groups is 1. The zero-order valence-corrected chi connectivity index (χ0v) is 17.6. The van der Waals surface area contributed by atoms with E-state index < -0.39 is 0 Å². The first-order chi connectivity index (χ1) is 12.9. The van der Waals surface area contributed by atoms with Crippen molar-refractivity contribution in [1.29, 1.82) is 5.26 Å². The minimum Gasteiger partial charge on any atom is -0.315 e. The molecule has 1 heterocycles. The Balaban J connectivity index is 1.64. The van der Waals surface area contributed by atoms with Gasteiger partial charge in [0.15, 0.2) is 0 Å². The zero-order valence-electron chi connectivity index (χ0n) is 15.2. The van der Waals surface area contributed by atoms with Crippen molar-refractivity contribution in [3.05, 3.63) is 49.8 Å². The van der Waals surface area contributed by atoms with Crippen molar-refractivity contribution < 1.29 is 4.79 Å². The van der Waals surface area contributed by atoms with Gasteiger partial charge < -0.3 is 10.6 Å². The number of nitrogens with zero attached hydrogens (tertiary/aromatic N) is 1. The maximum atomic E-state index is 12.4. The van der Waals surface area contributed by atoms with E-state index in [1.807, 2.05) is 13.0 Å². The first-order valence-corrected chi connectivity index (χ1v) is 10.5. The van der Waals surface area contributed by atoms with Gasteiger partial charge in [-0.2, -0.15) is 5.26 Å². The van der Waals surface area contributed by atoms with E-state index >= 15 is 0 Å². The molecule has 2 atom stereocenters. The van der Waals surface area contributed by atoms with Crippen LogP contribution in [-0.4, -0.2) is 12.5 Å². The van der Waals surface area contributed by atoms with Crippen LogP contribution in [0.2, 0.25) is 10.0 Å². The van der Waals surface area contributed by atoms with Crippen LogP contribution in [-0.2, 0) is 17.6 Å². The van der Waals surface area contributed by atoms with Gasteiger partial charge in [-0.3, -0.25) is 4.79 Å². The van der Waals surface area contributed by atoms with E-state index in [0.29, 0.717) is 26.5 Å². The van der Waals surface area contributed by atoms with Crippen LogP contribution in [0.3, 0.4) is 0 Å². The Morgan fingerprint density at radius 3 is 2.93 bits per heavy atom. The second-order valence-corrected chi connectivity index (χ2v) is 8.93. The second kappa shape index (κ2) is 8.62. The van der Waals surface area contributed by atoms with Crippen LogP contribution >= 0.6 is 34.5 Å². The number of hydrogen-bond acceptors (Lipinski definition) is 4. The summed E-state index contributed by atoms with van der Waals surface area (Å²) in [6.07, 6.45) is 2.98. The number of nitriles is 1. The third-order valence-electron chi connectivity index (χ3n) is 4.87. The van der Waals surface area contributed by atoms with Crippen LogP contribution in [0.15, 0.2) is 18.2 Å². The van der Waals surface area contributed by atoms with Gasteiger partial charge in [0.1, 0.15) is 11.1 Å². The quantitative estimate of drug-likeness (QED) is 0.684. The van der Waals surface area contributed by atoms with Crippen molar-refractivity contribution in [2.75, 3.05) is 11.9 Å². The Hall–Kier alpha value is -1.58. The summed E-state index contributed by atoms with van der Waals surface area (Å²) in [7, 11) is 0. The molecule has 1 aliphatic carbocycles. The first kappa shape index (κ1) is 20.2. The molecule has 1 amide bonds. The summed E-state index contributed by atoms with van der Waals surface area (Å²) < 4.78 is 0. The van der Waals surface area contributed by atoms with Gasteiger partial charge in [0.05, 0.1) is 12.1 Å². The zero-order chi connectivity index (χ0) is 19.6. The molecule has 1 aliphatic rings.